The molecule has 0 saturated carbocycles. The Labute approximate surface area is 193 Å². The maximum Gasteiger partial charge on any atom is 0.460 e. The molecule has 0 saturated heterocycles. The first kappa shape index (κ1) is 32.0. The summed E-state index contributed by atoms with van der Waals surface area (Å²) in [5, 5.41) is 10.3. The summed E-state index contributed by atoms with van der Waals surface area (Å²) in [4.78, 5) is 0. The molecule has 1 unspecified atom stereocenters. The van der Waals surface area contributed by atoms with Gasteiger partial charge in [-0.25, -0.2) is 0 Å². The molecule has 0 bridgehead atoms. The maximum atomic E-state index is 14.3. The summed E-state index contributed by atoms with van der Waals surface area (Å²) >= 11 is 0. The van der Waals surface area contributed by atoms with Gasteiger partial charge in [-0.3, -0.25) is 0 Å². The number of hydrogen-bond acceptors (Lipinski definition) is 2. The maximum absolute atomic E-state index is 14.3. The molecule has 36 heavy (non-hydrogen) atoms. The van der Waals surface area contributed by atoms with Gasteiger partial charge in [0.2, 0.25) is 0 Å². The van der Waals surface area contributed by atoms with E-state index in [-0.39, 0.29) is 0 Å². The van der Waals surface area contributed by atoms with E-state index in [0.29, 0.717) is 6.92 Å². The minimum Gasteiger partial charge on any atom is -0.491 e. The van der Waals surface area contributed by atoms with Crippen LogP contribution in [0.25, 0.3) is 0 Å². The van der Waals surface area contributed by atoms with Gasteiger partial charge in [0, 0.05) is 5.56 Å². The van der Waals surface area contributed by atoms with Gasteiger partial charge < -0.3 is 9.84 Å². The lowest BCUT2D eigenvalue weighted by molar-refractivity contribution is -0.453. The Balaban J connectivity index is 3.58. The normalized spacial score (nSPS) is 16.8. The molecule has 1 atom stereocenters. The van der Waals surface area contributed by atoms with Gasteiger partial charge in [-0.05, 0) is 26.8 Å². The first-order chi connectivity index (χ1) is 15.6. The van der Waals surface area contributed by atoms with Crippen LogP contribution < -0.4 is 4.74 Å². The quantitative estimate of drug-likeness (QED) is 0.301. The summed E-state index contributed by atoms with van der Waals surface area (Å²) in [6.45, 7) is 3.03. The monoisotopic (exact) mass is 562 g/mol. The Morgan fingerprint density at radius 3 is 1.47 bits per heavy atom. The number of halogens is 15. The second-order valence-electron chi connectivity index (χ2n) is 8.19. The average Bonchev–Trinajstić information content (AvgIpc) is 2.65. The van der Waals surface area contributed by atoms with Gasteiger partial charge in [-0.1, -0.05) is 18.2 Å². The predicted octanol–water partition coefficient (Wildman–Crippen LogP) is 7.45. The van der Waals surface area contributed by atoms with Gasteiger partial charge in [0.15, 0.2) is 0 Å². The van der Waals surface area contributed by atoms with Gasteiger partial charge in [0.05, 0.1) is 18.1 Å². The molecule has 0 aliphatic carbocycles. The molecule has 0 fully saturated rings. The van der Waals surface area contributed by atoms with E-state index in [1.165, 1.54) is 19.9 Å². The fourth-order valence-electron chi connectivity index (χ4n) is 2.91. The topological polar surface area (TPSA) is 29.5 Å². The zero-order valence-corrected chi connectivity index (χ0v) is 18.1. The standard InChI is InChI=1S/C19H17F15O2/c1-9(2)36-11-7-5-4-6-10(11)12(3,35)8-13(20,21)14(22,23)15(24,25)16(26,27)17(28,29)18(30,31)19(32,33)34/h4-7,9,35H,8H2,1-3H3. The Hall–Kier alpha value is -2.07. The zero-order chi connectivity index (χ0) is 29.0. The summed E-state index contributed by atoms with van der Waals surface area (Å²) in [6.07, 6.45) is -11.3. The molecule has 17 heteroatoms. The SMILES string of the molecule is CC(C)Oc1ccccc1C(C)(O)CC(F)(F)C(F)(F)C(F)(F)C(F)(F)C(F)(F)C(F)(F)C(F)(F)F. The van der Waals surface area contributed by atoms with E-state index >= 15 is 0 Å². The number of para-hydroxylation sites is 1. The van der Waals surface area contributed by atoms with Crippen molar-refractivity contribution in [2.75, 3.05) is 0 Å². The molecule has 0 spiro atoms. The highest BCUT2D eigenvalue weighted by Crippen LogP contribution is 2.63. The number of rotatable bonds is 10. The lowest BCUT2D eigenvalue weighted by atomic mass is 9.83. The van der Waals surface area contributed by atoms with Crippen LogP contribution in [0.5, 0.6) is 5.75 Å². The minimum atomic E-state index is -8.38. The molecule has 0 heterocycles. The molecule has 210 valence electrons. The lowest BCUT2D eigenvalue weighted by Crippen LogP contribution is -2.72. The van der Waals surface area contributed by atoms with Crippen molar-refractivity contribution in [3.05, 3.63) is 29.8 Å². The van der Waals surface area contributed by atoms with Crippen LogP contribution in [0.1, 0.15) is 32.8 Å². The van der Waals surface area contributed by atoms with Gasteiger partial charge in [0.25, 0.3) is 0 Å². The molecule has 1 rings (SSSR count). The number of benzene rings is 1. The van der Waals surface area contributed by atoms with Crippen LogP contribution in [0.2, 0.25) is 0 Å². The van der Waals surface area contributed by atoms with Crippen molar-refractivity contribution in [2.45, 2.75) is 80.6 Å². The smallest absolute Gasteiger partial charge is 0.460 e. The van der Waals surface area contributed by atoms with Crippen LogP contribution >= 0.6 is 0 Å². The highest BCUT2D eigenvalue weighted by molar-refractivity contribution is 5.38. The van der Waals surface area contributed by atoms with Gasteiger partial charge >= 0.3 is 41.7 Å². The van der Waals surface area contributed by atoms with Crippen molar-refractivity contribution in [1.82, 2.24) is 0 Å². The summed E-state index contributed by atoms with van der Waals surface area (Å²) < 4.78 is 206. The Morgan fingerprint density at radius 2 is 1.06 bits per heavy atom. The first-order valence-corrected chi connectivity index (χ1v) is 9.44. The fraction of sp³-hybridized carbons (Fsp3) is 0.684. The predicted molar refractivity (Wildman–Crippen MR) is 92.1 cm³/mol. The third kappa shape index (κ3) is 4.90. The van der Waals surface area contributed by atoms with E-state index in [9.17, 15) is 71.0 Å². The molecule has 0 aromatic heterocycles. The number of alkyl halides is 15. The van der Waals surface area contributed by atoms with Crippen LogP contribution in [0, 0.1) is 0 Å². The van der Waals surface area contributed by atoms with E-state index in [2.05, 4.69) is 0 Å². The van der Waals surface area contributed by atoms with Crippen molar-refractivity contribution in [2.24, 2.45) is 0 Å². The Bertz CT molecular complexity index is 920. The number of hydrogen-bond donors (Lipinski definition) is 1. The van der Waals surface area contributed by atoms with E-state index in [4.69, 9.17) is 4.74 Å². The third-order valence-corrected chi connectivity index (χ3v) is 4.79. The summed E-state index contributed by atoms with van der Waals surface area (Å²) in [7, 11) is 0. The van der Waals surface area contributed by atoms with Crippen LogP contribution in [-0.2, 0) is 5.60 Å². The number of aliphatic hydroxyl groups is 1. The van der Waals surface area contributed by atoms with E-state index in [1.807, 2.05) is 0 Å². The van der Waals surface area contributed by atoms with Crippen molar-refractivity contribution in [3.63, 3.8) is 0 Å². The zero-order valence-electron chi connectivity index (χ0n) is 18.1. The molecule has 1 aromatic carbocycles. The molecule has 0 radical (unpaired) electrons. The molecule has 0 amide bonds. The number of ether oxygens (including phenoxy) is 1. The molecular weight excluding hydrogens is 545 g/mol. The summed E-state index contributed by atoms with van der Waals surface area (Å²) in [6, 6.07) is 3.94. The average molecular weight is 562 g/mol. The van der Waals surface area contributed by atoms with E-state index in [1.54, 1.807) is 0 Å². The molecular formula is C19H17F15O2. The van der Waals surface area contributed by atoms with Gasteiger partial charge in [0.1, 0.15) is 5.75 Å². The lowest BCUT2D eigenvalue weighted by Gasteiger charge is -2.42. The molecule has 2 nitrogen and oxygen atoms in total. The summed E-state index contributed by atoms with van der Waals surface area (Å²) in [5.74, 6) is -47.7. The molecule has 0 aliphatic rings. The fourth-order valence-corrected chi connectivity index (χ4v) is 2.91. The first-order valence-electron chi connectivity index (χ1n) is 9.44. The third-order valence-electron chi connectivity index (χ3n) is 4.79. The molecule has 1 N–H and O–H groups in total. The Morgan fingerprint density at radius 1 is 0.667 bits per heavy atom. The molecule has 0 aliphatic heterocycles. The van der Waals surface area contributed by atoms with Crippen LogP contribution in [0.4, 0.5) is 65.9 Å². The van der Waals surface area contributed by atoms with Crippen molar-refractivity contribution in [3.8, 4) is 5.75 Å². The van der Waals surface area contributed by atoms with Crippen LogP contribution in [-0.4, -0.2) is 52.9 Å². The Kier molecular flexibility index (Phi) is 8.03. The summed E-state index contributed by atoms with van der Waals surface area (Å²) in [5.41, 5.74) is -4.14. The van der Waals surface area contributed by atoms with Crippen molar-refractivity contribution >= 4 is 0 Å². The molecule has 1 aromatic rings. The van der Waals surface area contributed by atoms with Crippen molar-refractivity contribution in [1.29, 1.82) is 0 Å². The largest absolute Gasteiger partial charge is 0.491 e. The van der Waals surface area contributed by atoms with E-state index in [0.717, 1.165) is 18.2 Å². The van der Waals surface area contributed by atoms with Gasteiger partial charge in [-0.15, -0.1) is 0 Å². The van der Waals surface area contributed by atoms with E-state index < -0.39 is 71.2 Å². The van der Waals surface area contributed by atoms with Crippen LogP contribution in [0.15, 0.2) is 24.3 Å². The van der Waals surface area contributed by atoms with Crippen molar-refractivity contribution < 1.29 is 75.7 Å². The van der Waals surface area contributed by atoms with Gasteiger partial charge in [-0.2, -0.15) is 65.9 Å². The minimum absolute atomic E-state index is 0.294. The highest BCUT2D eigenvalue weighted by atomic mass is 19.4. The highest BCUT2D eigenvalue weighted by Gasteiger charge is 2.93. The second kappa shape index (κ2) is 9.04. The van der Waals surface area contributed by atoms with Crippen LogP contribution in [0.3, 0.4) is 0 Å². The second-order valence-corrected chi connectivity index (χ2v) is 8.19.